The van der Waals surface area contributed by atoms with E-state index in [1.54, 1.807) is 24.3 Å². The summed E-state index contributed by atoms with van der Waals surface area (Å²) >= 11 is 0. The lowest BCUT2D eigenvalue weighted by atomic mass is 10.0. The number of aliphatic hydroxyl groups excluding tert-OH is 1. The van der Waals surface area contributed by atoms with Crippen LogP contribution in [0, 0.1) is 12.7 Å². The fourth-order valence-electron chi connectivity index (χ4n) is 2.05. The Kier molecular flexibility index (Phi) is 4.88. The first-order valence-electron chi connectivity index (χ1n) is 6.80. The van der Waals surface area contributed by atoms with Gasteiger partial charge in [-0.15, -0.1) is 0 Å². The monoisotopic (exact) mass is 290 g/mol. The molecular formula is C16H19FN2O2. The zero-order valence-corrected chi connectivity index (χ0v) is 12.0. The number of nitrogens with one attached hydrogen (secondary N) is 1. The van der Waals surface area contributed by atoms with Crippen molar-refractivity contribution in [2.75, 3.05) is 0 Å². The standard InChI is InChI=1S/C16H19FN2O2/c1-10-3-8-15(20)14(19-10)9-18-11(2)16(21)12-4-6-13(17)7-5-12/h3-8,11,16,18,20-21H,9H2,1-2H3. The van der Waals surface area contributed by atoms with Crippen LogP contribution in [0.15, 0.2) is 36.4 Å². The predicted octanol–water partition coefficient (Wildman–Crippen LogP) is 2.45. The van der Waals surface area contributed by atoms with E-state index in [-0.39, 0.29) is 17.6 Å². The van der Waals surface area contributed by atoms with Gasteiger partial charge in [0.1, 0.15) is 11.6 Å². The van der Waals surface area contributed by atoms with Crippen molar-refractivity contribution >= 4 is 0 Å². The van der Waals surface area contributed by atoms with Gasteiger partial charge < -0.3 is 15.5 Å². The maximum Gasteiger partial charge on any atom is 0.138 e. The molecule has 0 fully saturated rings. The number of nitrogens with zero attached hydrogens (tertiary/aromatic N) is 1. The average molecular weight is 290 g/mol. The SMILES string of the molecule is Cc1ccc(O)c(CNC(C)C(O)c2ccc(F)cc2)n1. The highest BCUT2D eigenvalue weighted by atomic mass is 19.1. The van der Waals surface area contributed by atoms with Crippen molar-refractivity contribution in [1.82, 2.24) is 10.3 Å². The summed E-state index contributed by atoms with van der Waals surface area (Å²) < 4.78 is 12.9. The van der Waals surface area contributed by atoms with E-state index in [1.807, 2.05) is 13.8 Å². The molecule has 0 aliphatic heterocycles. The lowest BCUT2D eigenvalue weighted by Gasteiger charge is -2.20. The Bertz CT molecular complexity index is 602. The van der Waals surface area contributed by atoms with Crippen molar-refractivity contribution in [3.63, 3.8) is 0 Å². The van der Waals surface area contributed by atoms with Crippen LogP contribution in [-0.2, 0) is 6.54 Å². The smallest absolute Gasteiger partial charge is 0.138 e. The van der Waals surface area contributed by atoms with Gasteiger partial charge in [0, 0.05) is 18.3 Å². The van der Waals surface area contributed by atoms with E-state index in [0.29, 0.717) is 17.8 Å². The molecule has 0 amide bonds. The summed E-state index contributed by atoms with van der Waals surface area (Å²) in [6, 6.07) is 8.81. The van der Waals surface area contributed by atoms with Crippen molar-refractivity contribution < 1.29 is 14.6 Å². The fraction of sp³-hybridized carbons (Fsp3) is 0.312. The summed E-state index contributed by atoms with van der Waals surface area (Å²) in [5.74, 6) is -0.211. The van der Waals surface area contributed by atoms with Crippen molar-refractivity contribution in [2.24, 2.45) is 0 Å². The molecule has 1 aromatic heterocycles. The molecule has 112 valence electrons. The molecule has 0 aliphatic carbocycles. The molecule has 2 atom stereocenters. The van der Waals surface area contributed by atoms with Crippen LogP contribution in [0.25, 0.3) is 0 Å². The van der Waals surface area contributed by atoms with Crippen molar-refractivity contribution in [3.05, 3.63) is 59.2 Å². The number of pyridine rings is 1. The zero-order valence-electron chi connectivity index (χ0n) is 12.0. The first kappa shape index (κ1) is 15.4. The first-order chi connectivity index (χ1) is 9.97. The van der Waals surface area contributed by atoms with Crippen LogP contribution in [0.4, 0.5) is 4.39 Å². The molecule has 0 saturated heterocycles. The Morgan fingerprint density at radius 2 is 1.86 bits per heavy atom. The lowest BCUT2D eigenvalue weighted by molar-refractivity contribution is 0.135. The molecule has 3 N–H and O–H groups in total. The molecule has 1 aromatic carbocycles. The topological polar surface area (TPSA) is 65.4 Å². The quantitative estimate of drug-likeness (QED) is 0.791. The predicted molar refractivity (Wildman–Crippen MR) is 78.3 cm³/mol. The number of aromatic nitrogens is 1. The molecule has 5 heteroatoms. The van der Waals surface area contributed by atoms with Crippen molar-refractivity contribution in [2.45, 2.75) is 32.5 Å². The Balaban J connectivity index is 1.99. The van der Waals surface area contributed by atoms with E-state index >= 15 is 0 Å². The summed E-state index contributed by atoms with van der Waals surface area (Å²) in [6.45, 7) is 4.01. The second-order valence-corrected chi connectivity index (χ2v) is 5.08. The molecule has 0 saturated carbocycles. The number of hydrogen-bond donors (Lipinski definition) is 3. The van der Waals surface area contributed by atoms with Crippen LogP contribution >= 0.6 is 0 Å². The van der Waals surface area contributed by atoms with Crippen LogP contribution < -0.4 is 5.32 Å². The third-order valence-electron chi connectivity index (χ3n) is 3.37. The van der Waals surface area contributed by atoms with E-state index < -0.39 is 6.10 Å². The van der Waals surface area contributed by atoms with Gasteiger partial charge in [0.05, 0.1) is 11.8 Å². The third-order valence-corrected chi connectivity index (χ3v) is 3.37. The fourth-order valence-corrected chi connectivity index (χ4v) is 2.05. The Morgan fingerprint density at radius 3 is 2.52 bits per heavy atom. The highest BCUT2D eigenvalue weighted by Gasteiger charge is 2.16. The molecule has 0 bridgehead atoms. The summed E-state index contributed by atoms with van der Waals surface area (Å²) in [5, 5.41) is 23.1. The van der Waals surface area contributed by atoms with Crippen LogP contribution in [0.1, 0.15) is 30.0 Å². The second kappa shape index (κ2) is 6.65. The number of aliphatic hydroxyl groups is 1. The van der Waals surface area contributed by atoms with Crippen molar-refractivity contribution in [1.29, 1.82) is 0 Å². The minimum Gasteiger partial charge on any atom is -0.506 e. The highest BCUT2D eigenvalue weighted by molar-refractivity contribution is 5.27. The summed E-state index contributed by atoms with van der Waals surface area (Å²) in [7, 11) is 0. The van der Waals surface area contributed by atoms with Gasteiger partial charge in [0.25, 0.3) is 0 Å². The van der Waals surface area contributed by atoms with E-state index in [9.17, 15) is 14.6 Å². The molecule has 2 aromatic rings. The summed E-state index contributed by atoms with van der Waals surface area (Å²) in [6.07, 6.45) is -0.766. The molecule has 0 aliphatic rings. The van der Waals surface area contributed by atoms with Gasteiger partial charge in [0.15, 0.2) is 0 Å². The number of hydrogen-bond acceptors (Lipinski definition) is 4. The molecule has 1 heterocycles. The minimum absolute atomic E-state index is 0.122. The van der Waals surface area contributed by atoms with Crippen LogP contribution in [0.2, 0.25) is 0 Å². The largest absolute Gasteiger partial charge is 0.506 e. The van der Waals surface area contributed by atoms with Crippen LogP contribution in [-0.4, -0.2) is 21.2 Å². The van der Waals surface area contributed by atoms with Gasteiger partial charge in [0.2, 0.25) is 0 Å². The van der Waals surface area contributed by atoms with E-state index in [4.69, 9.17) is 0 Å². The normalized spacial score (nSPS) is 13.9. The molecule has 4 nitrogen and oxygen atoms in total. The van der Waals surface area contributed by atoms with E-state index in [0.717, 1.165) is 5.69 Å². The molecule has 2 rings (SSSR count). The number of aryl methyl sites for hydroxylation is 1. The average Bonchev–Trinajstić information content (AvgIpc) is 2.48. The van der Waals surface area contributed by atoms with E-state index in [2.05, 4.69) is 10.3 Å². The maximum atomic E-state index is 12.9. The lowest BCUT2D eigenvalue weighted by Crippen LogP contribution is -2.32. The molecule has 0 spiro atoms. The maximum absolute atomic E-state index is 12.9. The first-order valence-corrected chi connectivity index (χ1v) is 6.80. The van der Waals surface area contributed by atoms with Crippen LogP contribution in [0.3, 0.4) is 0 Å². The van der Waals surface area contributed by atoms with Crippen molar-refractivity contribution in [3.8, 4) is 5.75 Å². The van der Waals surface area contributed by atoms with Gasteiger partial charge in [-0.1, -0.05) is 12.1 Å². The number of rotatable bonds is 5. The summed E-state index contributed by atoms with van der Waals surface area (Å²) in [5.41, 5.74) is 1.99. The van der Waals surface area contributed by atoms with Gasteiger partial charge >= 0.3 is 0 Å². The highest BCUT2D eigenvalue weighted by Crippen LogP contribution is 2.19. The Morgan fingerprint density at radius 1 is 1.19 bits per heavy atom. The minimum atomic E-state index is -0.766. The van der Waals surface area contributed by atoms with Gasteiger partial charge in [-0.2, -0.15) is 0 Å². The number of halogens is 1. The van der Waals surface area contributed by atoms with Gasteiger partial charge in [-0.25, -0.2) is 4.39 Å². The van der Waals surface area contributed by atoms with Crippen LogP contribution in [0.5, 0.6) is 5.75 Å². The van der Waals surface area contributed by atoms with Gasteiger partial charge in [-0.05, 0) is 43.7 Å². The zero-order chi connectivity index (χ0) is 15.4. The van der Waals surface area contributed by atoms with E-state index in [1.165, 1.54) is 12.1 Å². The molecule has 21 heavy (non-hydrogen) atoms. The Labute approximate surface area is 123 Å². The molecular weight excluding hydrogens is 271 g/mol. The summed E-state index contributed by atoms with van der Waals surface area (Å²) in [4.78, 5) is 4.24. The Hall–Kier alpha value is -1.98. The molecule has 2 unspecified atom stereocenters. The van der Waals surface area contributed by atoms with Gasteiger partial charge in [-0.3, -0.25) is 4.98 Å². The number of benzene rings is 1. The molecule has 0 radical (unpaired) electrons. The third kappa shape index (κ3) is 4.00. The number of aromatic hydroxyl groups is 1. The second-order valence-electron chi connectivity index (χ2n) is 5.08.